The number of carbonyl (C=O) groups excluding carboxylic acids is 2. The van der Waals surface area contributed by atoms with Gasteiger partial charge in [-0.2, -0.15) is 0 Å². The third kappa shape index (κ3) is 6.33. The Kier molecular flexibility index (Phi) is 7.91. The van der Waals surface area contributed by atoms with Gasteiger partial charge in [0.25, 0.3) is 5.91 Å². The number of rotatable bonds is 8. The van der Waals surface area contributed by atoms with Crippen molar-refractivity contribution in [3.05, 3.63) is 69.2 Å². The molecule has 0 heterocycles. The smallest absolute Gasteiger partial charge is 0.338 e. The zero-order valence-corrected chi connectivity index (χ0v) is 15.8. The molecule has 2 rings (SSSR count). The molecule has 1 N–H and O–H groups in total. The van der Waals surface area contributed by atoms with E-state index in [-0.39, 0.29) is 12.5 Å². The van der Waals surface area contributed by atoms with Crippen LogP contribution in [0.4, 0.5) is 0 Å². The van der Waals surface area contributed by atoms with Crippen molar-refractivity contribution in [2.45, 2.75) is 13.0 Å². The second kappa shape index (κ2) is 10.2. The van der Waals surface area contributed by atoms with Crippen LogP contribution in [0.1, 0.15) is 21.5 Å². The van der Waals surface area contributed by atoms with Crippen LogP contribution in [0.15, 0.2) is 42.5 Å². The summed E-state index contributed by atoms with van der Waals surface area (Å²) < 4.78 is 10.1. The molecule has 0 fully saturated rings. The highest BCUT2D eigenvalue weighted by molar-refractivity contribution is 6.35. The van der Waals surface area contributed by atoms with Gasteiger partial charge in [0, 0.05) is 23.7 Å². The SMILES string of the molecule is COCc1cccc(C(=O)OCC(=O)NCCc2ccc(Cl)cc2Cl)c1. The number of methoxy groups -OCH3 is 1. The van der Waals surface area contributed by atoms with Crippen molar-refractivity contribution in [3.8, 4) is 0 Å². The summed E-state index contributed by atoms with van der Waals surface area (Å²) in [5.41, 5.74) is 2.11. The van der Waals surface area contributed by atoms with Gasteiger partial charge in [-0.05, 0) is 41.8 Å². The van der Waals surface area contributed by atoms with E-state index in [1.807, 2.05) is 12.1 Å². The molecule has 0 unspecified atom stereocenters. The summed E-state index contributed by atoms with van der Waals surface area (Å²) in [6.07, 6.45) is 0.550. The predicted molar refractivity (Wildman–Crippen MR) is 101 cm³/mol. The fourth-order valence-electron chi connectivity index (χ4n) is 2.28. The molecule has 0 aliphatic carbocycles. The maximum absolute atomic E-state index is 12.0. The predicted octanol–water partition coefficient (Wildman–Crippen LogP) is 3.66. The van der Waals surface area contributed by atoms with Crippen molar-refractivity contribution in [1.82, 2.24) is 5.32 Å². The number of amides is 1. The van der Waals surface area contributed by atoms with E-state index in [0.29, 0.717) is 35.2 Å². The van der Waals surface area contributed by atoms with Crippen molar-refractivity contribution >= 4 is 35.1 Å². The normalized spacial score (nSPS) is 10.4. The van der Waals surface area contributed by atoms with E-state index in [1.165, 1.54) is 0 Å². The van der Waals surface area contributed by atoms with Crippen molar-refractivity contribution in [2.24, 2.45) is 0 Å². The van der Waals surface area contributed by atoms with Crippen LogP contribution in [0.2, 0.25) is 10.0 Å². The number of ether oxygens (including phenoxy) is 2. The van der Waals surface area contributed by atoms with E-state index in [4.69, 9.17) is 32.7 Å². The standard InChI is InChI=1S/C19H19Cl2NO4/c1-25-11-13-3-2-4-15(9-13)19(24)26-12-18(23)22-8-7-14-5-6-16(20)10-17(14)21/h2-6,9-10H,7-8,11-12H2,1H3,(H,22,23). The first-order valence-corrected chi connectivity index (χ1v) is 8.71. The summed E-state index contributed by atoms with van der Waals surface area (Å²) >= 11 is 11.9. The molecule has 1 amide bonds. The maximum Gasteiger partial charge on any atom is 0.338 e. The van der Waals surface area contributed by atoms with Crippen LogP contribution in [-0.2, 0) is 27.3 Å². The van der Waals surface area contributed by atoms with Crippen molar-refractivity contribution in [1.29, 1.82) is 0 Å². The summed E-state index contributed by atoms with van der Waals surface area (Å²) in [6.45, 7) is 0.428. The second-order valence-corrected chi connectivity index (χ2v) is 6.39. The van der Waals surface area contributed by atoms with Gasteiger partial charge in [-0.15, -0.1) is 0 Å². The Labute approximate surface area is 162 Å². The summed E-state index contributed by atoms with van der Waals surface area (Å²) in [6, 6.07) is 12.1. The monoisotopic (exact) mass is 395 g/mol. The van der Waals surface area contributed by atoms with Crippen LogP contribution >= 0.6 is 23.2 Å². The van der Waals surface area contributed by atoms with Crippen molar-refractivity contribution in [3.63, 3.8) is 0 Å². The lowest BCUT2D eigenvalue weighted by molar-refractivity contribution is -0.124. The third-order valence-corrected chi connectivity index (χ3v) is 4.13. The quantitative estimate of drug-likeness (QED) is 0.692. The average Bonchev–Trinajstić information content (AvgIpc) is 2.62. The van der Waals surface area contributed by atoms with Crippen LogP contribution in [0.3, 0.4) is 0 Å². The van der Waals surface area contributed by atoms with E-state index in [1.54, 1.807) is 37.4 Å². The molecule has 2 aromatic carbocycles. The molecule has 138 valence electrons. The summed E-state index contributed by atoms with van der Waals surface area (Å²) in [4.78, 5) is 23.8. The maximum atomic E-state index is 12.0. The molecule has 0 aromatic heterocycles. The minimum atomic E-state index is -0.557. The Hall–Kier alpha value is -2.08. The lowest BCUT2D eigenvalue weighted by atomic mass is 10.1. The molecule has 0 aliphatic heterocycles. The molecule has 26 heavy (non-hydrogen) atoms. The number of benzene rings is 2. The number of hydrogen-bond acceptors (Lipinski definition) is 4. The van der Waals surface area contributed by atoms with E-state index in [9.17, 15) is 9.59 Å². The first kappa shape index (κ1) is 20.2. The lowest BCUT2D eigenvalue weighted by Crippen LogP contribution is -2.30. The molecule has 5 nitrogen and oxygen atoms in total. The molecular weight excluding hydrogens is 377 g/mol. The molecule has 0 saturated carbocycles. The van der Waals surface area contributed by atoms with E-state index < -0.39 is 5.97 Å². The minimum Gasteiger partial charge on any atom is -0.452 e. The molecule has 0 bridgehead atoms. The Morgan fingerprint density at radius 1 is 1.12 bits per heavy atom. The van der Waals surface area contributed by atoms with Crippen LogP contribution < -0.4 is 5.32 Å². The number of esters is 1. The van der Waals surface area contributed by atoms with Gasteiger partial charge in [-0.1, -0.05) is 41.4 Å². The minimum absolute atomic E-state index is 0.346. The van der Waals surface area contributed by atoms with Crippen molar-refractivity contribution < 1.29 is 19.1 Å². The molecular formula is C19H19Cl2NO4. The first-order chi connectivity index (χ1) is 12.5. The molecule has 0 aliphatic rings. The highest BCUT2D eigenvalue weighted by atomic mass is 35.5. The number of halogens is 2. The number of hydrogen-bond donors (Lipinski definition) is 1. The topological polar surface area (TPSA) is 64.6 Å². The summed E-state index contributed by atoms with van der Waals surface area (Å²) in [7, 11) is 1.58. The van der Waals surface area contributed by atoms with Gasteiger partial charge in [0.15, 0.2) is 6.61 Å². The number of carbonyl (C=O) groups is 2. The molecule has 7 heteroatoms. The Morgan fingerprint density at radius 3 is 2.65 bits per heavy atom. The van der Waals surface area contributed by atoms with Crippen LogP contribution in [0, 0.1) is 0 Å². The summed E-state index contributed by atoms with van der Waals surface area (Å²) in [5.74, 6) is -0.935. The Bertz CT molecular complexity index is 780. The van der Waals surface area contributed by atoms with Gasteiger partial charge >= 0.3 is 5.97 Å². The molecule has 0 spiro atoms. The highest BCUT2D eigenvalue weighted by Crippen LogP contribution is 2.21. The zero-order chi connectivity index (χ0) is 18.9. The number of nitrogens with one attached hydrogen (secondary N) is 1. The average molecular weight is 396 g/mol. The first-order valence-electron chi connectivity index (χ1n) is 7.95. The Morgan fingerprint density at radius 2 is 1.92 bits per heavy atom. The van der Waals surface area contributed by atoms with Gasteiger partial charge in [-0.3, -0.25) is 4.79 Å². The Balaban J connectivity index is 1.76. The molecule has 0 radical (unpaired) electrons. The van der Waals surface area contributed by atoms with Gasteiger partial charge in [0.2, 0.25) is 0 Å². The molecule has 2 aromatic rings. The van der Waals surface area contributed by atoms with Crippen LogP contribution in [-0.4, -0.2) is 32.1 Å². The van der Waals surface area contributed by atoms with E-state index in [2.05, 4.69) is 5.32 Å². The molecule has 0 atom stereocenters. The fraction of sp³-hybridized carbons (Fsp3) is 0.263. The van der Waals surface area contributed by atoms with Gasteiger partial charge in [0.1, 0.15) is 0 Å². The lowest BCUT2D eigenvalue weighted by Gasteiger charge is -2.08. The summed E-state index contributed by atoms with van der Waals surface area (Å²) in [5, 5.41) is 3.79. The fourth-order valence-corrected chi connectivity index (χ4v) is 2.78. The third-order valence-electron chi connectivity index (χ3n) is 3.54. The van der Waals surface area contributed by atoms with Gasteiger partial charge in [-0.25, -0.2) is 4.79 Å². The van der Waals surface area contributed by atoms with Crippen molar-refractivity contribution in [2.75, 3.05) is 20.3 Å². The van der Waals surface area contributed by atoms with Crippen LogP contribution in [0.5, 0.6) is 0 Å². The van der Waals surface area contributed by atoms with E-state index in [0.717, 1.165) is 11.1 Å². The highest BCUT2D eigenvalue weighted by Gasteiger charge is 2.11. The molecule has 0 saturated heterocycles. The van der Waals surface area contributed by atoms with Crippen LogP contribution in [0.25, 0.3) is 0 Å². The zero-order valence-electron chi connectivity index (χ0n) is 14.3. The van der Waals surface area contributed by atoms with E-state index >= 15 is 0 Å². The second-order valence-electron chi connectivity index (χ2n) is 5.55. The van der Waals surface area contributed by atoms with Gasteiger partial charge in [0.05, 0.1) is 12.2 Å². The largest absolute Gasteiger partial charge is 0.452 e. The van der Waals surface area contributed by atoms with Gasteiger partial charge < -0.3 is 14.8 Å².